The molecular formula is C9H16N2O4S. The smallest absolute Gasteiger partial charge is 0.243 e. The van der Waals surface area contributed by atoms with Crippen molar-refractivity contribution >= 4 is 10.4 Å². The van der Waals surface area contributed by atoms with Crippen molar-refractivity contribution in [3.63, 3.8) is 0 Å². The number of imidazole rings is 1. The standard InChI is InChI=1S/C9H16N2O4S/c1-4-9(15-16(12,13)14)8(2)11-6-5-10(3)7-11/h5-9H,4H2,1-3H3. The first-order valence-corrected chi connectivity index (χ1v) is 6.33. The molecule has 0 spiro atoms. The Bertz CT molecular complexity index is 440. The van der Waals surface area contributed by atoms with Crippen LogP contribution in [0.1, 0.15) is 26.3 Å². The van der Waals surface area contributed by atoms with Crippen LogP contribution in [-0.4, -0.2) is 23.6 Å². The van der Waals surface area contributed by atoms with E-state index in [9.17, 15) is 13.0 Å². The molecule has 1 heterocycles. The van der Waals surface area contributed by atoms with Crippen molar-refractivity contribution in [3.05, 3.63) is 18.7 Å². The molecule has 1 aromatic heterocycles. The molecule has 0 saturated heterocycles. The van der Waals surface area contributed by atoms with Gasteiger partial charge in [-0.3, -0.25) is 4.18 Å². The Balaban J connectivity index is 2.81. The SMILES string of the molecule is CCC(OS(=O)(=O)[O-])C(C)n1cc[n+](C)c1. The largest absolute Gasteiger partial charge is 0.726 e. The van der Waals surface area contributed by atoms with Crippen molar-refractivity contribution in [2.24, 2.45) is 7.05 Å². The normalized spacial score (nSPS) is 16.0. The van der Waals surface area contributed by atoms with Crippen molar-refractivity contribution in [3.8, 4) is 0 Å². The van der Waals surface area contributed by atoms with Crippen LogP contribution in [0, 0.1) is 0 Å². The fourth-order valence-electron chi connectivity index (χ4n) is 1.54. The molecule has 0 saturated carbocycles. The lowest BCUT2D eigenvalue weighted by Gasteiger charge is -2.21. The van der Waals surface area contributed by atoms with Crippen LogP contribution in [0.5, 0.6) is 0 Å². The lowest BCUT2D eigenvalue weighted by Crippen LogP contribution is -2.29. The molecule has 92 valence electrons. The van der Waals surface area contributed by atoms with Gasteiger partial charge in [0.2, 0.25) is 16.7 Å². The lowest BCUT2D eigenvalue weighted by molar-refractivity contribution is -0.671. The Morgan fingerprint density at radius 2 is 2.19 bits per heavy atom. The first kappa shape index (κ1) is 13.1. The highest BCUT2D eigenvalue weighted by Gasteiger charge is 2.24. The van der Waals surface area contributed by atoms with Crippen molar-refractivity contribution < 1.29 is 21.7 Å². The van der Waals surface area contributed by atoms with Crippen LogP contribution in [0.4, 0.5) is 0 Å². The molecule has 0 radical (unpaired) electrons. The van der Waals surface area contributed by atoms with E-state index < -0.39 is 16.5 Å². The average Bonchev–Trinajstić information content (AvgIpc) is 2.58. The van der Waals surface area contributed by atoms with E-state index in [2.05, 4.69) is 4.18 Å². The van der Waals surface area contributed by atoms with Gasteiger partial charge in [-0.15, -0.1) is 0 Å². The highest BCUT2D eigenvalue weighted by molar-refractivity contribution is 7.80. The number of hydrogen-bond donors (Lipinski definition) is 0. The molecule has 6 nitrogen and oxygen atoms in total. The highest BCUT2D eigenvalue weighted by Crippen LogP contribution is 2.18. The van der Waals surface area contributed by atoms with Crippen LogP contribution < -0.4 is 4.57 Å². The summed E-state index contributed by atoms with van der Waals surface area (Å²) in [5.41, 5.74) is 0. The molecule has 0 aliphatic carbocycles. The van der Waals surface area contributed by atoms with Crippen molar-refractivity contribution in [2.45, 2.75) is 32.4 Å². The van der Waals surface area contributed by atoms with Gasteiger partial charge in [-0.05, 0) is 13.3 Å². The zero-order chi connectivity index (χ0) is 12.3. The molecule has 0 N–H and O–H groups in total. The van der Waals surface area contributed by atoms with Crippen LogP contribution >= 0.6 is 0 Å². The molecular weight excluding hydrogens is 232 g/mol. The second kappa shape index (κ2) is 4.94. The van der Waals surface area contributed by atoms with Crippen LogP contribution in [0.15, 0.2) is 18.7 Å². The zero-order valence-corrected chi connectivity index (χ0v) is 10.3. The molecule has 2 atom stereocenters. The van der Waals surface area contributed by atoms with Gasteiger partial charge in [0, 0.05) is 0 Å². The predicted molar refractivity (Wildman–Crippen MR) is 55.2 cm³/mol. The Morgan fingerprint density at radius 3 is 2.56 bits per heavy atom. The number of nitrogens with zero attached hydrogens (tertiary/aromatic N) is 2. The third-order valence-corrected chi connectivity index (χ3v) is 2.92. The summed E-state index contributed by atoms with van der Waals surface area (Å²) in [4.78, 5) is 0. The Kier molecular flexibility index (Phi) is 4.06. The Morgan fingerprint density at radius 1 is 1.56 bits per heavy atom. The quantitative estimate of drug-likeness (QED) is 0.421. The first-order chi connectivity index (χ1) is 7.33. The minimum Gasteiger partial charge on any atom is -0.726 e. The van der Waals surface area contributed by atoms with Gasteiger partial charge in [0.1, 0.15) is 24.5 Å². The molecule has 7 heteroatoms. The second-order valence-electron chi connectivity index (χ2n) is 3.72. The summed E-state index contributed by atoms with van der Waals surface area (Å²) in [6.07, 6.45) is 5.23. The minimum atomic E-state index is -4.65. The van der Waals surface area contributed by atoms with E-state index >= 15 is 0 Å². The number of hydrogen-bond acceptors (Lipinski definition) is 4. The van der Waals surface area contributed by atoms with Gasteiger partial charge in [0.15, 0.2) is 0 Å². The molecule has 0 fully saturated rings. The summed E-state index contributed by atoms with van der Waals surface area (Å²) in [6, 6.07) is -0.213. The summed E-state index contributed by atoms with van der Waals surface area (Å²) in [5, 5.41) is 0. The topological polar surface area (TPSA) is 75.2 Å². The van der Waals surface area contributed by atoms with Crippen molar-refractivity contribution in [1.82, 2.24) is 4.57 Å². The first-order valence-electron chi connectivity index (χ1n) is 5.00. The van der Waals surface area contributed by atoms with E-state index in [0.717, 1.165) is 0 Å². The molecule has 0 aromatic carbocycles. The van der Waals surface area contributed by atoms with Crippen molar-refractivity contribution in [2.75, 3.05) is 0 Å². The van der Waals surface area contributed by atoms with E-state index in [1.165, 1.54) is 0 Å². The third kappa shape index (κ3) is 3.58. The van der Waals surface area contributed by atoms with Crippen LogP contribution in [0.25, 0.3) is 0 Å². The molecule has 0 aliphatic rings. The maximum absolute atomic E-state index is 10.5. The van der Waals surface area contributed by atoms with Gasteiger partial charge in [0.05, 0.1) is 7.05 Å². The summed E-state index contributed by atoms with van der Waals surface area (Å²) in [7, 11) is -2.80. The Hall–Kier alpha value is -0.920. The monoisotopic (exact) mass is 248 g/mol. The minimum absolute atomic E-state index is 0.213. The number of aryl methyl sites for hydroxylation is 1. The van der Waals surface area contributed by atoms with Crippen LogP contribution in [0.3, 0.4) is 0 Å². The summed E-state index contributed by atoms with van der Waals surface area (Å²) in [5.74, 6) is 0. The van der Waals surface area contributed by atoms with Gasteiger partial charge in [-0.1, -0.05) is 6.92 Å². The molecule has 2 unspecified atom stereocenters. The lowest BCUT2D eigenvalue weighted by atomic mass is 10.1. The van der Waals surface area contributed by atoms with E-state index in [0.29, 0.717) is 6.42 Å². The number of rotatable bonds is 5. The van der Waals surface area contributed by atoms with Gasteiger partial charge < -0.3 is 4.55 Å². The maximum Gasteiger partial charge on any atom is 0.243 e. The van der Waals surface area contributed by atoms with E-state index in [1.807, 2.05) is 17.8 Å². The number of aromatic nitrogens is 2. The molecule has 16 heavy (non-hydrogen) atoms. The van der Waals surface area contributed by atoms with E-state index in [4.69, 9.17) is 0 Å². The van der Waals surface area contributed by atoms with Gasteiger partial charge in [0.25, 0.3) is 0 Å². The summed E-state index contributed by atoms with van der Waals surface area (Å²) in [6.45, 7) is 3.58. The zero-order valence-electron chi connectivity index (χ0n) is 9.53. The summed E-state index contributed by atoms with van der Waals surface area (Å²) >= 11 is 0. The van der Waals surface area contributed by atoms with E-state index in [1.54, 1.807) is 30.9 Å². The summed E-state index contributed by atoms with van der Waals surface area (Å²) < 4.78 is 39.8. The Labute approximate surface area is 95.4 Å². The van der Waals surface area contributed by atoms with Gasteiger partial charge in [-0.2, -0.15) is 0 Å². The van der Waals surface area contributed by atoms with Gasteiger partial charge >= 0.3 is 0 Å². The molecule has 0 aliphatic heterocycles. The molecule has 0 amide bonds. The molecule has 0 bridgehead atoms. The van der Waals surface area contributed by atoms with Gasteiger partial charge in [-0.25, -0.2) is 17.6 Å². The maximum atomic E-state index is 10.5. The van der Waals surface area contributed by atoms with E-state index in [-0.39, 0.29) is 6.04 Å². The van der Waals surface area contributed by atoms with Crippen LogP contribution in [-0.2, 0) is 21.6 Å². The third-order valence-electron chi connectivity index (χ3n) is 2.44. The fraction of sp³-hybridized carbons (Fsp3) is 0.667. The fourth-order valence-corrected chi connectivity index (χ4v) is 2.14. The predicted octanol–water partition coefficient (Wildman–Crippen LogP) is 0.129. The van der Waals surface area contributed by atoms with Crippen molar-refractivity contribution in [1.29, 1.82) is 0 Å². The van der Waals surface area contributed by atoms with Crippen LogP contribution in [0.2, 0.25) is 0 Å². The second-order valence-corrected chi connectivity index (χ2v) is 4.73. The average molecular weight is 248 g/mol. The highest BCUT2D eigenvalue weighted by atomic mass is 32.3. The molecule has 1 aromatic rings. The molecule has 1 rings (SSSR count).